The van der Waals surface area contributed by atoms with Gasteiger partial charge in [0.25, 0.3) is 11.8 Å². The first kappa shape index (κ1) is 20.9. The molecule has 1 saturated heterocycles. The Labute approximate surface area is 171 Å². The Balaban J connectivity index is 1.47. The smallest absolute Gasteiger partial charge is 0.274 e. The van der Waals surface area contributed by atoms with Crippen LogP contribution in [0.1, 0.15) is 44.9 Å². The zero-order chi connectivity index (χ0) is 20.6. The number of likely N-dealkylation sites (tertiary alicyclic amines) is 1. The third-order valence-electron chi connectivity index (χ3n) is 5.23. The van der Waals surface area contributed by atoms with Gasteiger partial charge in [-0.15, -0.1) is 0 Å². The second kappa shape index (κ2) is 10.1. The normalized spacial score (nSPS) is 14.6. The summed E-state index contributed by atoms with van der Waals surface area (Å²) in [6, 6.07) is 7.77. The highest BCUT2D eigenvalue weighted by Gasteiger charge is 2.24. The summed E-state index contributed by atoms with van der Waals surface area (Å²) in [5.41, 5.74) is 3.09. The molecule has 1 N–H and O–H groups in total. The molecule has 154 valence electrons. The molecule has 2 aromatic rings. The van der Waals surface area contributed by atoms with Crippen LogP contribution in [0.15, 0.2) is 36.7 Å². The Morgan fingerprint density at radius 2 is 1.86 bits per heavy atom. The van der Waals surface area contributed by atoms with Crippen LogP contribution in [0.5, 0.6) is 0 Å². The number of nitrogens with zero attached hydrogens (tertiary/aromatic N) is 3. The number of nitrogens with one attached hydrogen (secondary N) is 1. The van der Waals surface area contributed by atoms with E-state index in [9.17, 15) is 9.59 Å². The van der Waals surface area contributed by atoms with Crippen LogP contribution in [0, 0.1) is 12.8 Å². The van der Waals surface area contributed by atoms with Gasteiger partial charge in [-0.2, -0.15) is 0 Å². The standard InChI is InChI=1S/C22H28N4O3/c1-16-14-25-20(15-24-16)22(28)26-10-7-18(8-11-26)13-17-3-5-19(6-4-17)21(27)23-9-12-29-2/h3-6,14-15,18H,7-13H2,1-2H3,(H,23,27). The molecule has 1 fully saturated rings. The fourth-order valence-corrected chi connectivity index (χ4v) is 3.50. The lowest BCUT2D eigenvalue weighted by molar-refractivity contribution is 0.0684. The van der Waals surface area contributed by atoms with E-state index < -0.39 is 0 Å². The van der Waals surface area contributed by atoms with Gasteiger partial charge in [0.05, 0.1) is 18.5 Å². The number of ether oxygens (including phenoxy) is 1. The van der Waals surface area contributed by atoms with Crippen molar-refractivity contribution in [3.63, 3.8) is 0 Å². The molecule has 1 aliphatic heterocycles. The molecule has 1 aliphatic rings. The second-order valence-electron chi connectivity index (χ2n) is 7.43. The van der Waals surface area contributed by atoms with Crippen molar-refractivity contribution in [1.82, 2.24) is 20.2 Å². The lowest BCUT2D eigenvalue weighted by Crippen LogP contribution is -2.39. The van der Waals surface area contributed by atoms with Crippen molar-refractivity contribution < 1.29 is 14.3 Å². The summed E-state index contributed by atoms with van der Waals surface area (Å²) in [6.45, 7) is 4.33. The summed E-state index contributed by atoms with van der Waals surface area (Å²) in [5.74, 6) is 0.406. The minimum Gasteiger partial charge on any atom is -0.383 e. The number of hydrogen-bond acceptors (Lipinski definition) is 5. The summed E-state index contributed by atoms with van der Waals surface area (Å²) in [5, 5.41) is 2.82. The third kappa shape index (κ3) is 5.84. The van der Waals surface area contributed by atoms with E-state index in [1.54, 1.807) is 19.5 Å². The fourth-order valence-electron chi connectivity index (χ4n) is 3.50. The Kier molecular flexibility index (Phi) is 7.30. The molecule has 0 bridgehead atoms. The van der Waals surface area contributed by atoms with Gasteiger partial charge in [0, 0.05) is 38.5 Å². The number of carbonyl (C=O) groups excluding carboxylic acids is 2. The van der Waals surface area contributed by atoms with Crippen molar-refractivity contribution in [3.05, 3.63) is 59.2 Å². The number of carbonyl (C=O) groups is 2. The number of benzene rings is 1. The maximum absolute atomic E-state index is 12.5. The molecule has 0 aliphatic carbocycles. The molecular weight excluding hydrogens is 368 g/mol. The van der Waals surface area contributed by atoms with Gasteiger partial charge >= 0.3 is 0 Å². The van der Waals surface area contributed by atoms with Gasteiger partial charge < -0.3 is 15.0 Å². The largest absolute Gasteiger partial charge is 0.383 e. The van der Waals surface area contributed by atoms with Crippen LogP contribution in [-0.4, -0.2) is 60.0 Å². The van der Waals surface area contributed by atoms with E-state index in [-0.39, 0.29) is 11.8 Å². The minimum absolute atomic E-state index is 0.0419. The molecule has 0 atom stereocenters. The van der Waals surface area contributed by atoms with Gasteiger partial charge in [-0.25, -0.2) is 4.98 Å². The lowest BCUT2D eigenvalue weighted by atomic mass is 9.90. The van der Waals surface area contributed by atoms with E-state index in [1.807, 2.05) is 36.1 Å². The van der Waals surface area contributed by atoms with Gasteiger partial charge in [-0.1, -0.05) is 12.1 Å². The number of hydrogen-bond donors (Lipinski definition) is 1. The van der Waals surface area contributed by atoms with Crippen LogP contribution in [0.4, 0.5) is 0 Å². The maximum atomic E-state index is 12.5. The fraction of sp³-hybridized carbons (Fsp3) is 0.455. The first-order valence-corrected chi connectivity index (χ1v) is 10.0. The van der Waals surface area contributed by atoms with E-state index in [0.29, 0.717) is 30.3 Å². The number of aryl methyl sites for hydroxylation is 1. The summed E-state index contributed by atoms with van der Waals surface area (Å²) in [7, 11) is 1.61. The van der Waals surface area contributed by atoms with Crippen molar-refractivity contribution in [2.24, 2.45) is 5.92 Å². The van der Waals surface area contributed by atoms with Crippen molar-refractivity contribution in [2.75, 3.05) is 33.4 Å². The monoisotopic (exact) mass is 396 g/mol. The van der Waals surface area contributed by atoms with Gasteiger partial charge in [0.2, 0.25) is 0 Å². The molecule has 0 unspecified atom stereocenters. The van der Waals surface area contributed by atoms with Crippen LogP contribution in [0.25, 0.3) is 0 Å². The highest BCUT2D eigenvalue weighted by molar-refractivity contribution is 5.94. The highest BCUT2D eigenvalue weighted by Crippen LogP contribution is 2.23. The Hall–Kier alpha value is -2.80. The van der Waals surface area contributed by atoms with E-state index >= 15 is 0 Å². The number of piperidine rings is 1. The van der Waals surface area contributed by atoms with Crippen LogP contribution >= 0.6 is 0 Å². The number of amides is 2. The molecule has 29 heavy (non-hydrogen) atoms. The maximum Gasteiger partial charge on any atom is 0.274 e. The average Bonchev–Trinajstić information content (AvgIpc) is 2.75. The highest BCUT2D eigenvalue weighted by atomic mass is 16.5. The molecule has 1 aromatic carbocycles. The molecule has 2 heterocycles. The molecule has 0 radical (unpaired) electrons. The van der Waals surface area contributed by atoms with Crippen molar-refractivity contribution in [3.8, 4) is 0 Å². The summed E-state index contributed by atoms with van der Waals surface area (Å²) < 4.78 is 4.94. The zero-order valence-electron chi connectivity index (χ0n) is 17.1. The average molecular weight is 396 g/mol. The molecule has 2 amide bonds. The first-order chi connectivity index (χ1) is 14.1. The van der Waals surface area contributed by atoms with Crippen molar-refractivity contribution in [1.29, 1.82) is 0 Å². The predicted octanol–water partition coefficient (Wildman–Crippen LogP) is 2.26. The summed E-state index contributed by atoms with van der Waals surface area (Å²) >= 11 is 0. The molecule has 0 spiro atoms. The molecule has 1 aromatic heterocycles. The summed E-state index contributed by atoms with van der Waals surface area (Å²) in [6.07, 6.45) is 6.06. The number of methoxy groups -OCH3 is 1. The number of rotatable bonds is 7. The SMILES string of the molecule is COCCNC(=O)c1ccc(CC2CCN(C(=O)c3cnc(C)cn3)CC2)cc1. The molecule has 7 heteroatoms. The molecular formula is C22H28N4O3. The summed E-state index contributed by atoms with van der Waals surface area (Å²) in [4.78, 5) is 34.8. The van der Waals surface area contributed by atoms with Crippen molar-refractivity contribution in [2.45, 2.75) is 26.2 Å². The van der Waals surface area contributed by atoms with Gasteiger partial charge in [0.15, 0.2) is 0 Å². The second-order valence-corrected chi connectivity index (χ2v) is 7.43. The molecule has 3 rings (SSSR count). The topological polar surface area (TPSA) is 84.4 Å². The van der Waals surface area contributed by atoms with Crippen LogP contribution < -0.4 is 5.32 Å². The first-order valence-electron chi connectivity index (χ1n) is 10.0. The van der Waals surface area contributed by atoms with Gasteiger partial charge in [0.1, 0.15) is 5.69 Å². The Bertz CT molecular complexity index is 813. The number of aromatic nitrogens is 2. The van der Waals surface area contributed by atoms with Gasteiger partial charge in [-0.3, -0.25) is 14.6 Å². The third-order valence-corrected chi connectivity index (χ3v) is 5.23. The van der Waals surface area contributed by atoms with E-state index in [2.05, 4.69) is 15.3 Å². The minimum atomic E-state index is -0.0837. The molecule has 7 nitrogen and oxygen atoms in total. The van der Waals surface area contributed by atoms with E-state index in [4.69, 9.17) is 4.74 Å². The van der Waals surface area contributed by atoms with Crippen LogP contribution in [0.3, 0.4) is 0 Å². The van der Waals surface area contributed by atoms with Gasteiger partial charge in [-0.05, 0) is 49.8 Å². The zero-order valence-corrected chi connectivity index (χ0v) is 17.1. The van der Waals surface area contributed by atoms with Crippen LogP contribution in [-0.2, 0) is 11.2 Å². The quantitative estimate of drug-likeness (QED) is 0.726. The Morgan fingerprint density at radius 1 is 1.14 bits per heavy atom. The van der Waals surface area contributed by atoms with Crippen LogP contribution in [0.2, 0.25) is 0 Å². The predicted molar refractivity (Wildman–Crippen MR) is 110 cm³/mol. The molecule has 0 saturated carbocycles. The van der Waals surface area contributed by atoms with E-state index in [0.717, 1.165) is 38.0 Å². The lowest BCUT2D eigenvalue weighted by Gasteiger charge is -2.31. The van der Waals surface area contributed by atoms with E-state index in [1.165, 1.54) is 5.56 Å². The Morgan fingerprint density at radius 3 is 2.48 bits per heavy atom. The van der Waals surface area contributed by atoms with Crippen molar-refractivity contribution >= 4 is 11.8 Å².